The van der Waals surface area contributed by atoms with Gasteiger partial charge in [-0.25, -0.2) is 4.98 Å². The minimum atomic E-state index is 0.692. The molecule has 3 heteroatoms. The zero-order valence-corrected chi connectivity index (χ0v) is 8.54. The maximum absolute atomic E-state index is 10.8. The van der Waals surface area contributed by atoms with Gasteiger partial charge < -0.3 is 0 Å². The fourth-order valence-electron chi connectivity index (χ4n) is 1.32. The van der Waals surface area contributed by atoms with Gasteiger partial charge in [-0.15, -0.1) is 11.3 Å². The molecule has 0 bridgehead atoms. The van der Waals surface area contributed by atoms with Crippen LogP contribution in [0.1, 0.15) is 15.4 Å². The summed E-state index contributed by atoms with van der Waals surface area (Å²) in [6, 6.07) is 7.48. The van der Waals surface area contributed by atoms with Crippen LogP contribution in [0.3, 0.4) is 0 Å². The van der Waals surface area contributed by atoms with Crippen LogP contribution in [0.15, 0.2) is 29.6 Å². The minimum absolute atomic E-state index is 0.692. The number of thiazole rings is 1. The van der Waals surface area contributed by atoms with Gasteiger partial charge in [0.2, 0.25) is 0 Å². The van der Waals surface area contributed by atoms with Crippen molar-refractivity contribution in [2.75, 3.05) is 0 Å². The molecule has 14 heavy (non-hydrogen) atoms. The Morgan fingerprint density at radius 1 is 1.36 bits per heavy atom. The lowest BCUT2D eigenvalue weighted by atomic mass is 10.1. The second kappa shape index (κ2) is 3.72. The van der Waals surface area contributed by atoms with E-state index in [4.69, 9.17) is 0 Å². The van der Waals surface area contributed by atoms with Gasteiger partial charge in [0, 0.05) is 16.5 Å². The molecule has 0 aliphatic rings. The average molecular weight is 203 g/mol. The van der Waals surface area contributed by atoms with Crippen LogP contribution in [0.2, 0.25) is 0 Å². The molecule has 0 saturated heterocycles. The van der Waals surface area contributed by atoms with E-state index in [9.17, 15) is 4.79 Å². The number of hydrogen-bond acceptors (Lipinski definition) is 3. The Hall–Kier alpha value is -1.48. The van der Waals surface area contributed by atoms with Crippen LogP contribution in [0.5, 0.6) is 0 Å². The molecule has 0 N–H and O–H groups in total. The van der Waals surface area contributed by atoms with E-state index < -0.39 is 0 Å². The molecule has 2 nitrogen and oxygen atoms in total. The van der Waals surface area contributed by atoms with Crippen LogP contribution < -0.4 is 0 Å². The summed E-state index contributed by atoms with van der Waals surface area (Å²) < 4.78 is 0. The van der Waals surface area contributed by atoms with Gasteiger partial charge >= 0.3 is 0 Å². The molecule has 0 aliphatic carbocycles. The molecule has 2 aromatic rings. The first-order valence-corrected chi connectivity index (χ1v) is 5.16. The topological polar surface area (TPSA) is 30.0 Å². The Morgan fingerprint density at radius 3 is 2.79 bits per heavy atom. The van der Waals surface area contributed by atoms with Crippen molar-refractivity contribution in [3.8, 4) is 11.3 Å². The molecule has 2 rings (SSSR count). The second-order valence-corrected chi connectivity index (χ2v) is 4.02. The largest absolute Gasteiger partial charge is 0.298 e. The molecule has 0 amide bonds. The first-order valence-electron chi connectivity index (χ1n) is 4.28. The quantitative estimate of drug-likeness (QED) is 0.702. The van der Waals surface area contributed by atoms with Gasteiger partial charge in [-0.3, -0.25) is 4.79 Å². The number of hydrogen-bond donors (Lipinski definition) is 0. The third-order valence-corrected chi connectivity index (χ3v) is 2.76. The summed E-state index contributed by atoms with van der Waals surface area (Å²) in [5.41, 5.74) is 2.49. The maximum Gasteiger partial charge on any atom is 0.150 e. The second-order valence-electron chi connectivity index (χ2n) is 2.96. The zero-order valence-electron chi connectivity index (χ0n) is 7.73. The number of benzene rings is 1. The number of aldehydes is 1. The van der Waals surface area contributed by atoms with E-state index in [0.29, 0.717) is 5.56 Å². The van der Waals surface area contributed by atoms with E-state index in [1.165, 1.54) is 0 Å². The molecule has 0 aliphatic heterocycles. The standard InChI is InChI=1S/C11H9NOS/c1-8-12-11(7-14-8)10-5-3-2-4-9(10)6-13/h2-7H,1H3. The van der Waals surface area contributed by atoms with Crippen molar-refractivity contribution in [1.82, 2.24) is 4.98 Å². The molecule has 70 valence electrons. The van der Waals surface area contributed by atoms with E-state index >= 15 is 0 Å². The highest BCUT2D eigenvalue weighted by molar-refractivity contribution is 7.09. The molecule has 1 heterocycles. The molecular formula is C11H9NOS. The lowest BCUT2D eigenvalue weighted by Crippen LogP contribution is -1.86. The molecule has 0 saturated carbocycles. The first-order chi connectivity index (χ1) is 6.81. The Bertz CT molecular complexity index is 462. The van der Waals surface area contributed by atoms with Gasteiger partial charge in [-0.05, 0) is 6.92 Å². The SMILES string of the molecule is Cc1nc(-c2ccccc2C=O)cs1. The molecule has 1 aromatic carbocycles. The molecule has 0 unspecified atom stereocenters. The summed E-state index contributed by atoms with van der Waals surface area (Å²) in [6.45, 7) is 1.96. The number of nitrogens with zero attached hydrogens (tertiary/aromatic N) is 1. The van der Waals surface area contributed by atoms with E-state index in [-0.39, 0.29) is 0 Å². The van der Waals surface area contributed by atoms with Crippen molar-refractivity contribution in [3.63, 3.8) is 0 Å². The van der Waals surface area contributed by atoms with Gasteiger partial charge in [0.15, 0.2) is 6.29 Å². The lowest BCUT2D eigenvalue weighted by molar-refractivity contribution is 0.112. The van der Waals surface area contributed by atoms with E-state index in [1.807, 2.05) is 30.5 Å². The van der Waals surface area contributed by atoms with Crippen molar-refractivity contribution in [1.29, 1.82) is 0 Å². The van der Waals surface area contributed by atoms with Crippen LogP contribution in [0.4, 0.5) is 0 Å². The number of aromatic nitrogens is 1. The van der Waals surface area contributed by atoms with Crippen LogP contribution in [0, 0.1) is 6.92 Å². The lowest BCUT2D eigenvalue weighted by Gasteiger charge is -1.99. The average Bonchev–Trinajstić information content (AvgIpc) is 2.65. The van der Waals surface area contributed by atoms with E-state index in [1.54, 1.807) is 17.4 Å². The third-order valence-electron chi connectivity index (χ3n) is 1.98. The highest BCUT2D eigenvalue weighted by Gasteiger charge is 2.05. The predicted octanol–water partition coefficient (Wildman–Crippen LogP) is 2.93. The monoisotopic (exact) mass is 203 g/mol. The Labute approximate surface area is 86.2 Å². The predicted molar refractivity (Wildman–Crippen MR) is 57.7 cm³/mol. The highest BCUT2D eigenvalue weighted by atomic mass is 32.1. The smallest absolute Gasteiger partial charge is 0.150 e. The fraction of sp³-hybridized carbons (Fsp3) is 0.0909. The van der Waals surface area contributed by atoms with E-state index in [2.05, 4.69) is 4.98 Å². The zero-order chi connectivity index (χ0) is 9.97. The molecular weight excluding hydrogens is 194 g/mol. The van der Waals surface area contributed by atoms with E-state index in [0.717, 1.165) is 22.6 Å². The van der Waals surface area contributed by atoms with Gasteiger partial charge in [0.1, 0.15) is 0 Å². The van der Waals surface area contributed by atoms with Crippen LogP contribution >= 0.6 is 11.3 Å². The molecule has 0 radical (unpaired) electrons. The van der Waals surface area contributed by atoms with Crippen molar-refractivity contribution >= 4 is 17.6 Å². The van der Waals surface area contributed by atoms with Crippen LogP contribution in [0.25, 0.3) is 11.3 Å². The minimum Gasteiger partial charge on any atom is -0.298 e. The van der Waals surface area contributed by atoms with Gasteiger partial charge in [0.05, 0.1) is 10.7 Å². The Balaban J connectivity index is 2.55. The van der Waals surface area contributed by atoms with Crippen molar-refractivity contribution in [2.45, 2.75) is 6.92 Å². The molecule has 0 atom stereocenters. The van der Waals surface area contributed by atoms with Crippen LogP contribution in [-0.2, 0) is 0 Å². The Kier molecular flexibility index (Phi) is 2.41. The summed E-state index contributed by atoms with van der Waals surface area (Å²) in [4.78, 5) is 15.1. The Morgan fingerprint density at radius 2 is 2.14 bits per heavy atom. The summed E-state index contributed by atoms with van der Waals surface area (Å²) in [6.07, 6.45) is 0.865. The van der Waals surface area contributed by atoms with Gasteiger partial charge in [-0.2, -0.15) is 0 Å². The number of carbonyl (C=O) groups is 1. The number of rotatable bonds is 2. The van der Waals surface area contributed by atoms with Gasteiger partial charge in [-0.1, -0.05) is 24.3 Å². The summed E-state index contributed by atoms with van der Waals surface area (Å²) in [7, 11) is 0. The fourth-order valence-corrected chi connectivity index (χ4v) is 1.93. The molecule has 0 fully saturated rings. The normalized spacial score (nSPS) is 10.1. The molecule has 1 aromatic heterocycles. The summed E-state index contributed by atoms with van der Waals surface area (Å²) in [5.74, 6) is 0. The van der Waals surface area contributed by atoms with Gasteiger partial charge in [0.25, 0.3) is 0 Å². The highest BCUT2D eigenvalue weighted by Crippen LogP contribution is 2.23. The maximum atomic E-state index is 10.8. The van der Waals surface area contributed by atoms with Crippen LogP contribution in [-0.4, -0.2) is 11.3 Å². The van der Waals surface area contributed by atoms with Crippen molar-refractivity contribution in [2.24, 2.45) is 0 Å². The summed E-state index contributed by atoms with van der Waals surface area (Å²) in [5, 5.41) is 2.98. The van der Waals surface area contributed by atoms with Crippen molar-refractivity contribution < 1.29 is 4.79 Å². The number of carbonyl (C=O) groups excluding carboxylic acids is 1. The third kappa shape index (κ3) is 1.59. The number of aryl methyl sites for hydroxylation is 1. The molecule has 0 spiro atoms. The summed E-state index contributed by atoms with van der Waals surface area (Å²) >= 11 is 1.59. The van der Waals surface area contributed by atoms with Crippen molar-refractivity contribution in [3.05, 3.63) is 40.2 Å². The first kappa shape index (κ1) is 9.09.